The van der Waals surface area contributed by atoms with Crippen molar-refractivity contribution in [1.29, 1.82) is 0 Å². The van der Waals surface area contributed by atoms with Gasteiger partial charge in [-0.2, -0.15) is 0 Å². The van der Waals surface area contributed by atoms with Crippen molar-refractivity contribution in [2.75, 3.05) is 19.8 Å². The van der Waals surface area contributed by atoms with E-state index in [1.807, 2.05) is 0 Å². The highest BCUT2D eigenvalue weighted by atomic mass is 31.2. The van der Waals surface area contributed by atoms with Crippen LogP contribution < -0.4 is 0 Å². The molecule has 0 aliphatic rings. The van der Waals surface area contributed by atoms with Gasteiger partial charge in [0.15, 0.2) is 0 Å². The second-order valence-corrected chi connectivity index (χ2v) is 21.0. The molecule has 0 aromatic heterocycles. The molecular weight excluding hydrogens is 839 g/mol. The van der Waals surface area contributed by atoms with Gasteiger partial charge < -0.3 is 14.7 Å². The fraction of sp³-hybridized carbons (Fsp3) is 0.889. The van der Waals surface area contributed by atoms with E-state index in [1.165, 1.54) is 212 Å². The van der Waals surface area contributed by atoms with E-state index in [-0.39, 0.29) is 6.61 Å². The van der Waals surface area contributed by atoms with Crippen molar-refractivity contribution in [3.63, 3.8) is 0 Å². The summed E-state index contributed by atoms with van der Waals surface area (Å²) in [5.41, 5.74) is 0. The van der Waals surface area contributed by atoms with Crippen LogP contribution in [0.5, 0.6) is 0 Å². The lowest BCUT2D eigenvalue weighted by Crippen LogP contribution is -1.99. The quantitative estimate of drug-likeness (QED) is 0.0313. The molecule has 0 aromatic rings. The lowest BCUT2D eigenvalue weighted by atomic mass is 10.1. The Bertz CT molecular complexity index is 1030. The Labute approximate surface area is 398 Å². The maximum Gasteiger partial charge on any atom is 0.472 e. The first-order valence-corrected chi connectivity index (χ1v) is 30.5. The first kappa shape index (κ1) is 65.5. The van der Waals surface area contributed by atoms with Crippen molar-refractivity contribution in [2.24, 2.45) is 0 Å². The monoisotopic (exact) mass is 947 g/mol. The molecule has 382 valence electrons. The summed E-state index contributed by atoms with van der Waals surface area (Å²) in [5.74, 6) is 0. The third kappa shape index (κ3) is 63.5. The molecule has 0 rings (SSSR count). The van der Waals surface area contributed by atoms with Crippen LogP contribution in [0.1, 0.15) is 290 Å². The molecule has 0 aliphatic heterocycles. The van der Waals surface area contributed by atoms with Gasteiger partial charge in [-0.25, -0.2) is 9.13 Å². The molecule has 0 bridgehead atoms. The van der Waals surface area contributed by atoms with Crippen molar-refractivity contribution in [3.05, 3.63) is 36.5 Å². The highest BCUT2D eigenvalue weighted by Crippen LogP contribution is 2.43. The number of hydrogen-bond acceptors (Lipinski definition) is 5. The average Bonchev–Trinajstić information content (AvgIpc) is 3.26. The minimum absolute atomic E-state index is 0.158. The maximum absolute atomic E-state index is 12.0. The van der Waals surface area contributed by atoms with E-state index in [9.17, 15) is 14.0 Å². The first-order chi connectivity index (χ1) is 31.2. The van der Waals surface area contributed by atoms with Crippen LogP contribution in [0.15, 0.2) is 36.5 Å². The number of unbranched alkanes of at least 4 members (excludes halogenated alkanes) is 36. The lowest BCUT2D eigenvalue weighted by Gasteiger charge is -2.12. The first-order valence-electron chi connectivity index (χ1n) is 27.4. The van der Waals surface area contributed by atoms with Crippen molar-refractivity contribution < 1.29 is 37.4 Å². The topological polar surface area (TPSA) is 123 Å². The molecular formula is C54H108O8P2. The molecule has 0 aromatic carbocycles. The summed E-state index contributed by atoms with van der Waals surface area (Å²) in [4.78, 5) is 26.9. The van der Waals surface area contributed by atoms with Gasteiger partial charge in [-0.15, -0.1) is 0 Å². The molecule has 0 heterocycles. The molecule has 3 N–H and O–H groups in total. The number of hydrogen-bond donors (Lipinski definition) is 3. The normalized spacial score (nSPS) is 13.1. The Balaban J connectivity index is 0. The van der Waals surface area contributed by atoms with E-state index in [0.717, 1.165) is 57.8 Å². The zero-order valence-electron chi connectivity index (χ0n) is 42.6. The smallest absolute Gasteiger partial charge is 0.303 e. The van der Waals surface area contributed by atoms with Crippen molar-refractivity contribution in [2.45, 2.75) is 290 Å². The largest absolute Gasteiger partial charge is 0.472 e. The summed E-state index contributed by atoms with van der Waals surface area (Å²) in [6, 6.07) is 0. The van der Waals surface area contributed by atoms with Gasteiger partial charge in [-0.1, -0.05) is 231 Å². The van der Waals surface area contributed by atoms with Crippen LogP contribution in [0.2, 0.25) is 0 Å². The van der Waals surface area contributed by atoms with Crippen LogP contribution in [-0.4, -0.2) is 34.5 Å². The number of rotatable bonds is 51. The predicted molar refractivity (Wildman–Crippen MR) is 278 cm³/mol. The summed E-state index contributed by atoms with van der Waals surface area (Å²) < 4.78 is 37.2. The Morgan fingerprint density at radius 1 is 0.281 bits per heavy atom. The molecule has 0 amide bonds. The molecule has 64 heavy (non-hydrogen) atoms. The predicted octanol–water partition coefficient (Wildman–Crippen LogP) is 19.3. The SMILES string of the molecule is CCCCCCCCC=CCCCCCCCCOP(=O)(O)O.CCCCCCCCC=CCCCCCCCCOP(=O)(O)OCCCCCCCCC=CCCCCCCCC. The summed E-state index contributed by atoms with van der Waals surface area (Å²) in [6.45, 7) is 7.56. The van der Waals surface area contributed by atoms with E-state index in [1.54, 1.807) is 0 Å². The van der Waals surface area contributed by atoms with Crippen LogP contribution >= 0.6 is 15.6 Å². The zero-order chi connectivity index (χ0) is 47.2. The van der Waals surface area contributed by atoms with Gasteiger partial charge in [0.05, 0.1) is 19.8 Å². The van der Waals surface area contributed by atoms with Gasteiger partial charge in [0.25, 0.3) is 0 Å². The summed E-state index contributed by atoms with van der Waals surface area (Å²) in [5, 5.41) is 0. The standard InChI is InChI=1S/C36H71O4P.C18H37O4P/c1-3-5-7-9-11-13-15-17-19-21-23-25-27-29-31-33-35-39-41(37,38)40-36-34-32-30-28-26-24-22-20-18-16-14-12-10-8-6-4-2;1-2-3-4-5-6-7-8-9-10-11-12-13-14-15-16-17-18-22-23(19,20)21/h17-20H,3-16,21-36H2,1-2H3,(H,37,38);9-10H,2-8,11-18H2,1H3,(H2,19,20,21). The Morgan fingerprint density at radius 2 is 0.469 bits per heavy atom. The van der Waals surface area contributed by atoms with Crippen LogP contribution in [0, 0.1) is 0 Å². The number of phosphoric ester groups is 2. The van der Waals surface area contributed by atoms with Gasteiger partial charge in [0.1, 0.15) is 0 Å². The molecule has 10 heteroatoms. The summed E-state index contributed by atoms with van der Waals surface area (Å²) in [7, 11) is -8.15. The molecule has 0 aliphatic carbocycles. The van der Waals surface area contributed by atoms with Crippen LogP contribution in [0.25, 0.3) is 0 Å². The van der Waals surface area contributed by atoms with Crippen molar-refractivity contribution >= 4 is 15.6 Å². The maximum atomic E-state index is 12.0. The van der Waals surface area contributed by atoms with E-state index in [2.05, 4.69) is 61.8 Å². The van der Waals surface area contributed by atoms with Crippen molar-refractivity contribution in [3.8, 4) is 0 Å². The van der Waals surface area contributed by atoms with E-state index >= 15 is 0 Å². The minimum atomic E-state index is -4.26. The molecule has 0 atom stereocenters. The molecule has 8 nitrogen and oxygen atoms in total. The van der Waals surface area contributed by atoms with Gasteiger partial charge in [-0.3, -0.25) is 13.6 Å². The molecule has 0 radical (unpaired) electrons. The van der Waals surface area contributed by atoms with Crippen LogP contribution in [0.3, 0.4) is 0 Å². The molecule has 0 fully saturated rings. The number of allylic oxidation sites excluding steroid dienone is 6. The highest BCUT2D eigenvalue weighted by molar-refractivity contribution is 7.47. The number of phosphoric acid groups is 2. The lowest BCUT2D eigenvalue weighted by molar-refractivity contribution is 0.145. The van der Waals surface area contributed by atoms with Crippen LogP contribution in [-0.2, 0) is 22.7 Å². The van der Waals surface area contributed by atoms with Gasteiger partial charge >= 0.3 is 15.6 Å². The van der Waals surface area contributed by atoms with Gasteiger partial charge in [0, 0.05) is 0 Å². The van der Waals surface area contributed by atoms with Gasteiger partial charge in [-0.05, 0) is 96.3 Å². The third-order valence-electron chi connectivity index (χ3n) is 11.7. The van der Waals surface area contributed by atoms with Gasteiger partial charge in [0.2, 0.25) is 0 Å². The molecule has 0 saturated carbocycles. The highest BCUT2D eigenvalue weighted by Gasteiger charge is 2.20. The second-order valence-electron chi connectivity index (χ2n) is 18.3. The summed E-state index contributed by atoms with van der Waals surface area (Å²) >= 11 is 0. The Hall–Kier alpha value is -0.560. The molecule has 0 spiro atoms. The zero-order valence-corrected chi connectivity index (χ0v) is 44.4. The summed E-state index contributed by atoms with van der Waals surface area (Å²) in [6.07, 6.45) is 66.1. The van der Waals surface area contributed by atoms with Crippen LogP contribution in [0.4, 0.5) is 0 Å². The Morgan fingerprint density at radius 3 is 0.688 bits per heavy atom. The fourth-order valence-corrected chi connectivity index (χ4v) is 8.79. The minimum Gasteiger partial charge on any atom is -0.303 e. The Kier molecular flexibility index (Phi) is 56.3. The average molecular weight is 947 g/mol. The van der Waals surface area contributed by atoms with E-state index in [4.69, 9.17) is 18.8 Å². The van der Waals surface area contributed by atoms with E-state index in [0.29, 0.717) is 13.2 Å². The van der Waals surface area contributed by atoms with E-state index < -0.39 is 15.6 Å². The second kappa shape index (κ2) is 55.0. The third-order valence-corrected chi connectivity index (χ3v) is 13.3. The molecule has 0 unspecified atom stereocenters. The molecule has 0 saturated heterocycles. The van der Waals surface area contributed by atoms with Crippen molar-refractivity contribution in [1.82, 2.24) is 0 Å². The fourth-order valence-electron chi connectivity index (χ4n) is 7.63.